The van der Waals surface area contributed by atoms with Crippen molar-refractivity contribution in [3.8, 4) is 11.5 Å². The van der Waals surface area contributed by atoms with E-state index in [0.29, 0.717) is 18.5 Å². The molecular weight excluding hydrogens is 251 g/mol. The van der Waals surface area contributed by atoms with Crippen LogP contribution < -0.4 is 9.26 Å². The van der Waals surface area contributed by atoms with Crippen molar-refractivity contribution in [1.29, 1.82) is 0 Å². The molecule has 4 nitrogen and oxygen atoms in total. The van der Waals surface area contributed by atoms with Crippen LogP contribution in [0.3, 0.4) is 0 Å². The molecule has 1 unspecified atom stereocenters. The number of hydrogen-bond acceptors (Lipinski definition) is 4. The third-order valence-electron chi connectivity index (χ3n) is 2.42. The Balaban J connectivity index is 2.72. The molecular formula is C13H21O4P. The van der Waals surface area contributed by atoms with Crippen LogP contribution in [0.25, 0.3) is 0 Å². The lowest BCUT2D eigenvalue weighted by Crippen LogP contribution is -2.02. The lowest BCUT2D eigenvalue weighted by molar-refractivity contribution is 0.278. The highest BCUT2D eigenvalue weighted by molar-refractivity contribution is 7.54. The fourth-order valence-electron chi connectivity index (χ4n) is 1.48. The number of rotatable bonds is 8. The third kappa shape index (κ3) is 4.71. The van der Waals surface area contributed by atoms with E-state index in [1.165, 1.54) is 0 Å². The zero-order chi connectivity index (χ0) is 13.4. The largest absolute Gasteiger partial charge is 0.497 e. The molecule has 0 bridgehead atoms. The predicted molar refractivity (Wildman–Crippen MR) is 72.6 cm³/mol. The first kappa shape index (κ1) is 15.1. The number of ether oxygens (including phenoxy) is 1. The quantitative estimate of drug-likeness (QED) is 0.668. The lowest BCUT2D eigenvalue weighted by Gasteiger charge is -2.18. The second-order valence-corrected chi connectivity index (χ2v) is 5.98. The van der Waals surface area contributed by atoms with Gasteiger partial charge < -0.3 is 13.8 Å². The van der Waals surface area contributed by atoms with Gasteiger partial charge in [-0.15, -0.1) is 0 Å². The molecule has 0 aromatic heterocycles. The summed E-state index contributed by atoms with van der Waals surface area (Å²) < 4.78 is 28.3. The molecule has 0 heterocycles. The van der Waals surface area contributed by atoms with Crippen LogP contribution in [0, 0.1) is 0 Å². The highest BCUT2D eigenvalue weighted by Crippen LogP contribution is 2.49. The van der Waals surface area contributed by atoms with Crippen LogP contribution >= 0.6 is 7.60 Å². The maximum atomic E-state index is 12.4. The van der Waals surface area contributed by atoms with Gasteiger partial charge in [0, 0.05) is 0 Å². The zero-order valence-electron chi connectivity index (χ0n) is 11.2. The Labute approximate surface area is 109 Å². The Kier molecular flexibility index (Phi) is 6.23. The summed E-state index contributed by atoms with van der Waals surface area (Å²) >= 11 is 0. The van der Waals surface area contributed by atoms with Gasteiger partial charge in [-0.2, -0.15) is 0 Å². The average Bonchev–Trinajstić information content (AvgIpc) is 2.38. The SMILES string of the molecule is CCCCP(=O)(OCC)Oc1ccc(OC)cc1. The third-order valence-corrected chi connectivity index (χ3v) is 4.42. The molecule has 0 N–H and O–H groups in total. The van der Waals surface area contributed by atoms with E-state index in [4.69, 9.17) is 13.8 Å². The highest BCUT2D eigenvalue weighted by Gasteiger charge is 2.24. The van der Waals surface area contributed by atoms with Crippen molar-refractivity contribution in [2.24, 2.45) is 0 Å². The van der Waals surface area contributed by atoms with Crippen molar-refractivity contribution in [2.45, 2.75) is 26.7 Å². The molecule has 0 aliphatic heterocycles. The molecule has 5 heteroatoms. The number of benzene rings is 1. The monoisotopic (exact) mass is 272 g/mol. The first-order chi connectivity index (χ1) is 8.63. The summed E-state index contributed by atoms with van der Waals surface area (Å²) in [5.74, 6) is 1.28. The Morgan fingerprint density at radius 3 is 2.22 bits per heavy atom. The van der Waals surface area contributed by atoms with Gasteiger partial charge in [-0.3, -0.25) is 0 Å². The van der Waals surface area contributed by atoms with Gasteiger partial charge in [-0.1, -0.05) is 13.3 Å². The van der Waals surface area contributed by atoms with Gasteiger partial charge >= 0.3 is 7.60 Å². The Bertz CT molecular complexity index is 388. The highest BCUT2D eigenvalue weighted by atomic mass is 31.2. The van der Waals surface area contributed by atoms with Gasteiger partial charge in [0.25, 0.3) is 0 Å². The molecule has 0 amide bonds. The van der Waals surface area contributed by atoms with Crippen molar-refractivity contribution in [1.82, 2.24) is 0 Å². The smallest absolute Gasteiger partial charge is 0.379 e. The Morgan fingerprint density at radius 1 is 1.11 bits per heavy atom. The van der Waals surface area contributed by atoms with Crippen molar-refractivity contribution < 1.29 is 18.3 Å². The van der Waals surface area contributed by atoms with Crippen molar-refractivity contribution in [2.75, 3.05) is 19.9 Å². The minimum Gasteiger partial charge on any atom is -0.497 e. The van der Waals surface area contributed by atoms with Crippen molar-refractivity contribution in [3.05, 3.63) is 24.3 Å². The van der Waals surface area contributed by atoms with Gasteiger partial charge in [-0.05, 0) is 37.6 Å². The molecule has 0 saturated carbocycles. The van der Waals surface area contributed by atoms with Crippen LogP contribution in [0.1, 0.15) is 26.7 Å². The molecule has 0 spiro atoms. The summed E-state index contributed by atoms with van der Waals surface area (Å²) in [6.07, 6.45) is 2.24. The van der Waals surface area contributed by atoms with E-state index in [0.717, 1.165) is 18.6 Å². The van der Waals surface area contributed by atoms with E-state index in [-0.39, 0.29) is 0 Å². The topological polar surface area (TPSA) is 44.8 Å². The van der Waals surface area contributed by atoms with E-state index < -0.39 is 7.60 Å². The molecule has 1 aromatic rings. The minimum atomic E-state index is -3.02. The molecule has 0 aliphatic carbocycles. The first-order valence-electron chi connectivity index (χ1n) is 6.20. The molecule has 0 aliphatic rings. The Morgan fingerprint density at radius 2 is 1.72 bits per heavy atom. The standard InChI is InChI=1S/C13H21O4P/c1-4-6-11-18(14,16-5-2)17-13-9-7-12(15-3)8-10-13/h7-10H,4-6,11H2,1-3H3. The molecule has 0 radical (unpaired) electrons. The van der Waals surface area contributed by atoms with Crippen LogP contribution in [0.15, 0.2) is 24.3 Å². The fourth-order valence-corrected chi connectivity index (χ4v) is 3.30. The molecule has 1 aromatic carbocycles. The maximum absolute atomic E-state index is 12.4. The summed E-state index contributed by atoms with van der Waals surface area (Å²) in [6, 6.07) is 7.00. The van der Waals surface area contributed by atoms with Gasteiger partial charge in [0.05, 0.1) is 19.9 Å². The van der Waals surface area contributed by atoms with Gasteiger partial charge in [0.15, 0.2) is 0 Å². The van der Waals surface area contributed by atoms with E-state index in [9.17, 15) is 4.57 Å². The average molecular weight is 272 g/mol. The molecule has 1 atom stereocenters. The maximum Gasteiger partial charge on any atom is 0.379 e. The summed E-state index contributed by atoms with van der Waals surface area (Å²) in [4.78, 5) is 0. The minimum absolute atomic E-state index is 0.386. The van der Waals surface area contributed by atoms with Crippen molar-refractivity contribution in [3.63, 3.8) is 0 Å². The lowest BCUT2D eigenvalue weighted by atomic mass is 10.3. The van der Waals surface area contributed by atoms with Crippen LogP contribution in [-0.2, 0) is 9.09 Å². The van der Waals surface area contributed by atoms with E-state index in [1.807, 2.05) is 13.8 Å². The van der Waals surface area contributed by atoms with E-state index in [1.54, 1.807) is 31.4 Å². The number of unbranched alkanes of at least 4 members (excludes halogenated alkanes) is 1. The molecule has 18 heavy (non-hydrogen) atoms. The number of methoxy groups -OCH3 is 1. The summed E-state index contributed by atoms with van der Waals surface area (Å²) in [5, 5.41) is 0. The summed E-state index contributed by atoms with van der Waals surface area (Å²) in [7, 11) is -1.42. The van der Waals surface area contributed by atoms with Crippen LogP contribution in [-0.4, -0.2) is 19.9 Å². The molecule has 102 valence electrons. The predicted octanol–water partition coefficient (Wildman–Crippen LogP) is 4.10. The first-order valence-corrected chi connectivity index (χ1v) is 7.93. The van der Waals surface area contributed by atoms with Gasteiger partial charge in [0.2, 0.25) is 0 Å². The summed E-state index contributed by atoms with van der Waals surface area (Å²) in [5.41, 5.74) is 0. The van der Waals surface area contributed by atoms with Crippen LogP contribution in [0.2, 0.25) is 0 Å². The van der Waals surface area contributed by atoms with E-state index in [2.05, 4.69) is 0 Å². The second-order valence-electron chi connectivity index (χ2n) is 3.87. The molecule has 1 rings (SSSR count). The van der Waals surface area contributed by atoms with Gasteiger partial charge in [0.1, 0.15) is 11.5 Å². The Hall–Kier alpha value is -0.990. The zero-order valence-corrected chi connectivity index (χ0v) is 12.1. The number of hydrogen-bond donors (Lipinski definition) is 0. The summed E-state index contributed by atoms with van der Waals surface area (Å²) in [6.45, 7) is 4.25. The fraction of sp³-hybridized carbons (Fsp3) is 0.538. The van der Waals surface area contributed by atoms with Crippen LogP contribution in [0.5, 0.6) is 11.5 Å². The molecule has 0 saturated heterocycles. The second kappa shape index (κ2) is 7.45. The van der Waals surface area contributed by atoms with Gasteiger partial charge in [-0.25, -0.2) is 4.57 Å². The molecule has 0 fully saturated rings. The van der Waals surface area contributed by atoms with Crippen molar-refractivity contribution >= 4 is 7.60 Å². The van der Waals surface area contributed by atoms with E-state index >= 15 is 0 Å². The van der Waals surface area contributed by atoms with Crippen LogP contribution in [0.4, 0.5) is 0 Å². The normalized spacial score (nSPS) is 13.9.